The quantitative estimate of drug-likeness (QED) is 0.374. The molecule has 1 aromatic heterocycles. The van der Waals surface area contributed by atoms with Gasteiger partial charge in [0.2, 0.25) is 0 Å². The Balaban J connectivity index is 1.98. The lowest BCUT2D eigenvalue weighted by atomic mass is 9.95. The van der Waals surface area contributed by atoms with Gasteiger partial charge in [-0.05, 0) is 71.7 Å². The van der Waals surface area contributed by atoms with Crippen LogP contribution >= 0.6 is 38.9 Å². The number of fused-ring (bicyclic) bond motifs is 1. The number of thiazole rings is 1. The standard InChI is InChI=1S/C26H24BrClN2O6S/c1-6-36-23-17(27)9-14(10-19(23)34-4)11-20-24(31)30-22(16-12-15(28)7-8-18(16)33-3)21(25(32)35-5)13(2)29-26(30)37-20/h7-12,22H,6H2,1-5H3/b20-11-/t22-/m0/s1. The van der Waals surface area contributed by atoms with Crippen molar-refractivity contribution >= 4 is 50.9 Å². The summed E-state index contributed by atoms with van der Waals surface area (Å²) in [6, 6.07) is 7.84. The van der Waals surface area contributed by atoms with Crippen molar-refractivity contribution in [3.05, 3.63) is 81.9 Å². The zero-order valence-electron chi connectivity index (χ0n) is 20.8. The smallest absolute Gasteiger partial charge is 0.338 e. The Morgan fingerprint density at radius 3 is 2.57 bits per heavy atom. The Hall–Kier alpha value is -3.08. The lowest BCUT2D eigenvalue weighted by molar-refractivity contribution is -0.136. The van der Waals surface area contributed by atoms with Gasteiger partial charge in [-0.25, -0.2) is 9.79 Å². The number of carbonyl (C=O) groups excluding carboxylic acids is 1. The molecule has 11 heteroatoms. The fraction of sp³-hybridized carbons (Fsp3) is 0.269. The fourth-order valence-corrected chi connectivity index (χ4v) is 5.97. The van der Waals surface area contributed by atoms with Gasteiger partial charge in [0.25, 0.3) is 5.56 Å². The van der Waals surface area contributed by atoms with Crippen LogP contribution in [0.4, 0.5) is 0 Å². The predicted molar refractivity (Wildman–Crippen MR) is 146 cm³/mol. The van der Waals surface area contributed by atoms with Crippen LogP contribution in [-0.4, -0.2) is 38.5 Å². The van der Waals surface area contributed by atoms with E-state index in [0.29, 0.717) is 53.9 Å². The molecule has 3 aromatic rings. The molecule has 8 nitrogen and oxygen atoms in total. The molecule has 2 aromatic carbocycles. The minimum absolute atomic E-state index is 0.229. The maximum atomic E-state index is 13.8. The number of halogens is 2. The lowest BCUT2D eigenvalue weighted by Crippen LogP contribution is -2.40. The second-order valence-electron chi connectivity index (χ2n) is 7.93. The number of ether oxygens (including phenoxy) is 4. The second kappa shape index (κ2) is 11.1. The van der Waals surface area contributed by atoms with E-state index in [9.17, 15) is 9.59 Å². The first-order valence-electron chi connectivity index (χ1n) is 11.2. The zero-order chi connectivity index (χ0) is 26.9. The number of benzene rings is 2. The third-order valence-corrected chi connectivity index (χ3v) is 7.56. The van der Waals surface area contributed by atoms with Crippen molar-refractivity contribution in [1.29, 1.82) is 0 Å². The van der Waals surface area contributed by atoms with Gasteiger partial charge in [-0.3, -0.25) is 9.36 Å². The molecule has 4 rings (SSSR count). The first-order valence-corrected chi connectivity index (χ1v) is 13.2. The van der Waals surface area contributed by atoms with E-state index in [1.807, 2.05) is 13.0 Å². The molecular weight excluding hydrogens is 584 g/mol. The fourth-order valence-electron chi connectivity index (χ4n) is 4.16. The van der Waals surface area contributed by atoms with Crippen LogP contribution in [0.3, 0.4) is 0 Å². The summed E-state index contributed by atoms with van der Waals surface area (Å²) >= 11 is 11.1. The molecule has 0 radical (unpaired) electrons. The topological polar surface area (TPSA) is 88.4 Å². The minimum atomic E-state index is -0.846. The Morgan fingerprint density at radius 1 is 1.19 bits per heavy atom. The van der Waals surface area contributed by atoms with Gasteiger partial charge in [0.1, 0.15) is 11.8 Å². The predicted octanol–water partition coefficient (Wildman–Crippen LogP) is 4.24. The van der Waals surface area contributed by atoms with Crippen LogP contribution in [0.2, 0.25) is 5.02 Å². The second-order valence-corrected chi connectivity index (χ2v) is 10.2. The number of methoxy groups -OCH3 is 3. The van der Waals surface area contributed by atoms with Crippen LogP contribution in [0.1, 0.15) is 31.0 Å². The highest BCUT2D eigenvalue weighted by molar-refractivity contribution is 9.10. The normalized spacial score (nSPS) is 15.2. The van der Waals surface area contributed by atoms with Gasteiger partial charge in [-0.1, -0.05) is 22.9 Å². The molecule has 1 aliphatic rings. The summed E-state index contributed by atoms with van der Waals surface area (Å²) < 4.78 is 24.4. The maximum Gasteiger partial charge on any atom is 0.338 e. The summed E-state index contributed by atoms with van der Waals surface area (Å²) in [6.07, 6.45) is 1.75. The van der Waals surface area contributed by atoms with Crippen molar-refractivity contribution in [2.75, 3.05) is 27.9 Å². The van der Waals surface area contributed by atoms with E-state index in [2.05, 4.69) is 20.9 Å². The summed E-state index contributed by atoms with van der Waals surface area (Å²) in [5.41, 5.74) is 1.61. The Kier molecular flexibility index (Phi) is 8.11. The molecule has 0 bridgehead atoms. The first kappa shape index (κ1) is 27.0. The van der Waals surface area contributed by atoms with E-state index >= 15 is 0 Å². The lowest BCUT2D eigenvalue weighted by Gasteiger charge is -2.25. The highest BCUT2D eigenvalue weighted by Crippen LogP contribution is 2.38. The molecule has 0 amide bonds. The van der Waals surface area contributed by atoms with Crippen molar-refractivity contribution in [2.45, 2.75) is 19.9 Å². The summed E-state index contributed by atoms with van der Waals surface area (Å²) in [7, 11) is 4.36. The van der Waals surface area contributed by atoms with E-state index in [1.165, 1.54) is 30.1 Å². The van der Waals surface area contributed by atoms with Gasteiger partial charge >= 0.3 is 5.97 Å². The number of aromatic nitrogens is 1. The molecule has 0 spiro atoms. The van der Waals surface area contributed by atoms with Crippen LogP contribution in [-0.2, 0) is 9.53 Å². The molecule has 0 saturated carbocycles. The van der Waals surface area contributed by atoms with E-state index in [4.69, 9.17) is 30.5 Å². The van der Waals surface area contributed by atoms with Gasteiger partial charge in [0.05, 0.1) is 48.2 Å². The zero-order valence-corrected chi connectivity index (χ0v) is 23.9. The van der Waals surface area contributed by atoms with Crippen molar-refractivity contribution in [3.63, 3.8) is 0 Å². The van der Waals surface area contributed by atoms with Crippen molar-refractivity contribution in [3.8, 4) is 17.2 Å². The molecule has 1 aliphatic heterocycles. The number of rotatable bonds is 7. The molecule has 0 aliphatic carbocycles. The van der Waals surface area contributed by atoms with Crippen molar-refractivity contribution in [1.82, 2.24) is 4.57 Å². The molecule has 194 valence electrons. The Morgan fingerprint density at radius 2 is 1.92 bits per heavy atom. The molecule has 0 saturated heterocycles. The average molecular weight is 608 g/mol. The summed E-state index contributed by atoms with van der Waals surface area (Å²) in [4.78, 5) is 31.7. The third kappa shape index (κ3) is 5.05. The SMILES string of the molecule is CCOc1c(Br)cc(/C=c2\sc3n(c2=O)[C@@H](c2cc(Cl)ccc2OC)C(C(=O)OC)=C(C)N=3)cc1OC. The monoisotopic (exact) mass is 606 g/mol. The third-order valence-electron chi connectivity index (χ3n) is 5.75. The first-order chi connectivity index (χ1) is 17.7. The van der Waals surface area contributed by atoms with Gasteiger partial charge in [0.15, 0.2) is 16.3 Å². The number of hydrogen-bond donors (Lipinski definition) is 0. The molecule has 2 heterocycles. The van der Waals surface area contributed by atoms with Gasteiger partial charge in [0, 0.05) is 10.6 Å². The molecule has 1 atom stereocenters. The highest BCUT2D eigenvalue weighted by Gasteiger charge is 2.35. The largest absolute Gasteiger partial charge is 0.496 e. The van der Waals surface area contributed by atoms with E-state index in [0.717, 1.165) is 5.56 Å². The van der Waals surface area contributed by atoms with Crippen LogP contribution in [0, 0.1) is 0 Å². The Bertz CT molecular complexity index is 1590. The van der Waals surface area contributed by atoms with E-state index in [1.54, 1.807) is 44.4 Å². The van der Waals surface area contributed by atoms with Gasteiger partial charge in [-0.2, -0.15) is 0 Å². The molecule has 37 heavy (non-hydrogen) atoms. The van der Waals surface area contributed by atoms with Crippen LogP contribution in [0.15, 0.2) is 55.9 Å². The maximum absolute atomic E-state index is 13.8. The van der Waals surface area contributed by atoms with E-state index in [-0.39, 0.29) is 11.1 Å². The Labute approximate surface area is 230 Å². The van der Waals surface area contributed by atoms with Gasteiger partial charge < -0.3 is 18.9 Å². The van der Waals surface area contributed by atoms with Gasteiger partial charge in [-0.15, -0.1) is 0 Å². The number of carbonyl (C=O) groups is 1. The van der Waals surface area contributed by atoms with E-state index < -0.39 is 12.0 Å². The molecule has 0 unspecified atom stereocenters. The minimum Gasteiger partial charge on any atom is -0.496 e. The van der Waals surface area contributed by atoms with Crippen LogP contribution in [0.5, 0.6) is 17.2 Å². The average Bonchev–Trinajstić information content (AvgIpc) is 3.18. The van der Waals surface area contributed by atoms with Crippen LogP contribution < -0.4 is 29.1 Å². The number of esters is 1. The highest BCUT2D eigenvalue weighted by atomic mass is 79.9. The summed E-state index contributed by atoms with van der Waals surface area (Å²) in [5.74, 6) is 0.985. The van der Waals surface area contributed by atoms with Crippen molar-refractivity contribution < 1.29 is 23.7 Å². The van der Waals surface area contributed by atoms with Crippen LogP contribution in [0.25, 0.3) is 6.08 Å². The molecule has 0 fully saturated rings. The summed E-state index contributed by atoms with van der Waals surface area (Å²) in [6.45, 7) is 4.07. The molecule has 0 N–H and O–H groups in total. The number of nitrogens with zero attached hydrogens (tertiary/aromatic N) is 2. The summed E-state index contributed by atoms with van der Waals surface area (Å²) in [5, 5.41) is 0.433. The molecular formula is C26H24BrClN2O6S. The number of hydrogen-bond acceptors (Lipinski definition) is 8. The number of allylic oxidation sites excluding steroid dienone is 1. The van der Waals surface area contributed by atoms with Crippen molar-refractivity contribution in [2.24, 2.45) is 4.99 Å².